The average Bonchev–Trinajstić information content (AvgIpc) is 2.58. The van der Waals surface area contributed by atoms with E-state index in [0.29, 0.717) is 5.92 Å². The molecule has 1 saturated heterocycles. The monoisotopic (exact) mass is 324 g/mol. The number of carbonyl (C=O) groups is 1. The maximum Gasteiger partial charge on any atom is 0.221 e. The molecule has 0 unspecified atom stereocenters. The molecule has 1 N–H and O–H groups in total. The molecule has 24 heavy (non-hydrogen) atoms. The molecule has 0 aromatic heterocycles. The van der Waals surface area contributed by atoms with E-state index in [-0.39, 0.29) is 12.0 Å². The Morgan fingerprint density at radius 2 is 1.83 bits per heavy atom. The van der Waals surface area contributed by atoms with Gasteiger partial charge in [0.2, 0.25) is 5.91 Å². The summed E-state index contributed by atoms with van der Waals surface area (Å²) >= 11 is 0. The highest BCUT2D eigenvalue weighted by atomic mass is 16.5. The summed E-state index contributed by atoms with van der Waals surface area (Å²) in [5.41, 5.74) is 2.11. The minimum Gasteiger partial charge on any atom is -0.490 e. The molecule has 2 aromatic carbocycles. The van der Waals surface area contributed by atoms with E-state index in [0.717, 1.165) is 30.9 Å². The second-order valence-electron chi connectivity index (χ2n) is 6.43. The van der Waals surface area contributed by atoms with Crippen molar-refractivity contribution in [2.45, 2.75) is 25.4 Å². The van der Waals surface area contributed by atoms with Gasteiger partial charge in [-0.2, -0.15) is 0 Å². The van der Waals surface area contributed by atoms with Crippen molar-refractivity contribution >= 4 is 11.6 Å². The van der Waals surface area contributed by atoms with Gasteiger partial charge in [-0.15, -0.1) is 0 Å². The molecule has 126 valence electrons. The number of likely N-dealkylation sites (N-methyl/N-ethyl adjacent to an activating group) is 1. The highest BCUT2D eigenvalue weighted by molar-refractivity contribution is 5.88. The molecule has 2 aromatic rings. The van der Waals surface area contributed by atoms with E-state index in [4.69, 9.17) is 4.74 Å². The molecule has 0 bridgehead atoms. The molecule has 1 heterocycles. The molecule has 1 aliphatic heterocycles. The first-order valence-corrected chi connectivity index (χ1v) is 8.39. The highest BCUT2D eigenvalue weighted by Crippen LogP contribution is 2.30. The van der Waals surface area contributed by atoms with Gasteiger partial charge in [0, 0.05) is 31.6 Å². The van der Waals surface area contributed by atoms with Crippen molar-refractivity contribution in [2.24, 2.45) is 0 Å². The minimum atomic E-state index is -0.0665. The van der Waals surface area contributed by atoms with E-state index in [2.05, 4.69) is 41.5 Å². The maximum absolute atomic E-state index is 11.1. The fourth-order valence-electron chi connectivity index (χ4n) is 3.25. The van der Waals surface area contributed by atoms with Crippen LogP contribution in [0.15, 0.2) is 54.6 Å². The van der Waals surface area contributed by atoms with Crippen LogP contribution in [-0.2, 0) is 4.79 Å². The Bertz CT molecular complexity index is 670. The van der Waals surface area contributed by atoms with Gasteiger partial charge in [0.25, 0.3) is 0 Å². The summed E-state index contributed by atoms with van der Waals surface area (Å²) in [5, 5.41) is 2.77. The van der Waals surface area contributed by atoms with Gasteiger partial charge in [-0.3, -0.25) is 4.79 Å². The third kappa shape index (κ3) is 4.15. The Hall–Kier alpha value is -2.33. The molecular weight excluding hydrogens is 300 g/mol. The second kappa shape index (κ2) is 7.49. The number of benzene rings is 2. The van der Waals surface area contributed by atoms with Crippen LogP contribution in [0.1, 0.15) is 24.8 Å². The fraction of sp³-hybridized carbons (Fsp3) is 0.350. The van der Waals surface area contributed by atoms with Gasteiger partial charge in [0.15, 0.2) is 0 Å². The van der Waals surface area contributed by atoms with Gasteiger partial charge in [0.1, 0.15) is 11.9 Å². The zero-order chi connectivity index (χ0) is 16.9. The summed E-state index contributed by atoms with van der Waals surface area (Å²) in [6.07, 6.45) is 1.17. The largest absolute Gasteiger partial charge is 0.490 e. The average molecular weight is 324 g/mol. The number of nitrogens with zero attached hydrogens (tertiary/aromatic N) is 1. The molecule has 3 rings (SSSR count). The predicted molar refractivity (Wildman–Crippen MR) is 96.5 cm³/mol. The van der Waals surface area contributed by atoms with Gasteiger partial charge in [-0.05, 0) is 43.3 Å². The van der Waals surface area contributed by atoms with Crippen molar-refractivity contribution in [3.63, 3.8) is 0 Å². The number of carbonyl (C=O) groups excluding carboxylic acids is 1. The Morgan fingerprint density at radius 3 is 2.50 bits per heavy atom. The Labute approximate surface area is 143 Å². The third-order valence-electron chi connectivity index (χ3n) is 4.44. The number of ether oxygens (including phenoxy) is 1. The summed E-state index contributed by atoms with van der Waals surface area (Å²) in [7, 11) is 2.16. The minimum absolute atomic E-state index is 0.0665. The van der Waals surface area contributed by atoms with Crippen LogP contribution in [0.3, 0.4) is 0 Å². The molecule has 0 radical (unpaired) electrons. The molecule has 0 saturated carbocycles. The van der Waals surface area contributed by atoms with E-state index in [1.54, 1.807) is 0 Å². The molecular formula is C20H24N2O2. The van der Waals surface area contributed by atoms with Gasteiger partial charge in [-0.1, -0.05) is 30.3 Å². The van der Waals surface area contributed by atoms with E-state index in [1.165, 1.54) is 12.5 Å². The second-order valence-corrected chi connectivity index (χ2v) is 6.43. The van der Waals surface area contributed by atoms with Gasteiger partial charge in [0.05, 0.1) is 0 Å². The molecule has 4 nitrogen and oxygen atoms in total. The molecule has 1 amide bonds. The van der Waals surface area contributed by atoms with Gasteiger partial charge < -0.3 is 15.0 Å². The first-order valence-electron chi connectivity index (χ1n) is 8.39. The van der Waals surface area contributed by atoms with Crippen molar-refractivity contribution < 1.29 is 9.53 Å². The normalized spacial score (nSPS) is 21.2. The standard InChI is InChI=1S/C20H24N2O2/c1-15(23)21-17-8-10-18(11-9-17)24-20-12-13-22(2)14-19(20)16-6-4-3-5-7-16/h3-11,19-20H,12-14H2,1-2H3,(H,21,23)/t19-,20-/m0/s1. The quantitative estimate of drug-likeness (QED) is 0.936. The van der Waals surface area contributed by atoms with E-state index in [9.17, 15) is 4.79 Å². The number of nitrogens with one attached hydrogen (secondary N) is 1. The molecule has 1 aliphatic rings. The highest BCUT2D eigenvalue weighted by Gasteiger charge is 2.30. The number of likely N-dealkylation sites (tertiary alicyclic amines) is 1. The zero-order valence-electron chi connectivity index (χ0n) is 14.2. The van der Waals surface area contributed by atoms with Crippen LogP contribution in [0.5, 0.6) is 5.75 Å². The molecule has 0 spiro atoms. The van der Waals surface area contributed by atoms with Crippen LogP contribution in [-0.4, -0.2) is 37.0 Å². The smallest absolute Gasteiger partial charge is 0.221 e. The van der Waals surface area contributed by atoms with Gasteiger partial charge >= 0.3 is 0 Å². The number of rotatable bonds is 4. The van der Waals surface area contributed by atoms with Crippen molar-refractivity contribution in [1.29, 1.82) is 0 Å². The van der Waals surface area contributed by atoms with E-state index < -0.39 is 0 Å². The first kappa shape index (κ1) is 16.5. The van der Waals surface area contributed by atoms with E-state index >= 15 is 0 Å². The molecule has 4 heteroatoms. The van der Waals surface area contributed by atoms with Crippen LogP contribution in [0, 0.1) is 0 Å². The van der Waals surface area contributed by atoms with Crippen LogP contribution in [0.25, 0.3) is 0 Å². The summed E-state index contributed by atoms with van der Waals surface area (Å²) in [5.74, 6) is 1.14. The lowest BCUT2D eigenvalue weighted by Gasteiger charge is -2.37. The summed E-state index contributed by atoms with van der Waals surface area (Å²) in [6, 6.07) is 18.2. The summed E-state index contributed by atoms with van der Waals surface area (Å²) in [4.78, 5) is 13.5. The lowest BCUT2D eigenvalue weighted by Crippen LogP contribution is -2.42. The maximum atomic E-state index is 11.1. The lowest BCUT2D eigenvalue weighted by atomic mass is 9.88. The van der Waals surface area contributed by atoms with Crippen molar-refractivity contribution in [3.05, 3.63) is 60.2 Å². The van der Waals surface area contributed by atoms with Crippen LogP contribution < -0.4 is 10.1 Å². The number of hydrogen-bond donors (Lipinski definition) is 1. The van der Waals surface area contributed by atoms with Crippen LogP contribution in [0.4, 0.5) is 5.69 Å². The predicted octanol–water partition coefficient (Wildman–Crippen LogP) is 3.51. The Kier molecular flexibility index (Phi) is 5.16. The fourth-order valence-corrected chi connectivity index (χ4v) is 3.25. The summed E-state index contributed by atoms with van der Waals surface area (Å²) < 4.78 is 6.29. The number of piperidine rings is 1. The zero-order valence-corrected chi connectivity index (χ0v) is 14.2. The first-order chi connectivity index (χ1) is 11.6. The van der Waals surface area contributed by atoms with Crippen LogP contribution in [0.2, 0.25) is 0 Å². The molecule has 1 fully saturated rings. The lowest BCUT2D eigenvalue weighted by molar-refractivity contribution is -0.114. The van der Waals surface area contributed by atoms with Crippen molar-refractivity contribution in [3.8, 4) is 5.75 Å². The van der Waals surface area contributed by atoms with E-state index in [1.807, 2.05) is 30.3 Å². The SMILES string of the molecule is CC(=O)Nc1ccc(O[C@H]2CCN(C)C[C@H]2c2ccccc2)cc1. The van der Waals surface area contributed by atoms with Crippen LogP contribution >= 0.6 is 0 Å². The summed E-state index contributed by atoms with van der Waals surface area (Å²) in [6.45, 7) is 3.55. The Balaban J connectivity index is 1.73. The van der Waals surface area contributed by atoms with Crippen molar-refractivity contribution in [2.75, 3.05) is 25.5 Å². The third-order valence-corrected chi connectivity index (χ3v) is 4.44. The Morgan fingerprint density at radius 1 is 1.12 bits per heavy atom. The number of anilines is 1. The van der Waals surface area contributed by atoms with Crippen molar-refractivity contribution in [1.82, 2.24) is 4.90 Å². The molecule has 0 aliphatic carbocycles. The topological polar surface area (TPSA) is 41.6 Å². The number of amides is 1. The molecule has 2 atom stereocenters. The number of hydrogen-bond acceptors (Lipinski definition) is 3. The van der Waals surface area contributed by atoms with Gasteiger partial charge in [-0.25, -0.2) is 0 Å².